The van der Waals surface area contributed by atoms with Gasteiger partial charge in [-0.1, -0.05) is 12.8 Å². The molecular weight excluding hydrogens is 424 g/mol. The molecule has 34 heavy (non-hydrogen) atoms. The van der Waals surface area contributed by atoms with Gasteiger partial charge in [-0.15, -0.1) is 0 Å². The fraction of sp³-hybridized carbons (Fsp3) is 0.444. The van der Waals surface area contributed by atoms with E-state index in [1.54, 1.807) is 24.8 Å². The average molecular weight is 459 g/mol. The van der Waals surface area contributed by atoms with E-state index < -0.39 is 0 Å². The molecule has 0 bridgehead atoms. The summed E-state index contributed by atoms with van der Waals surface area (Å²) in [6.07, 6.45) is 15.7. The van der Waals surface area contributed by atoms with Crippen LogP contribution in [0.25, 0.3) is 11.4 Å². The first-order chi connectivity index (χ1) is 16.5. The standard InChI is InChI=1S/C16H18N4O.C11H16N2/c1-11-6-12(8-17-7-11)15-18-9-13(10-19-15)16(21)20-14-4-2-3-5-14;1-3-13(2)10-5-4-8-12-11(10)9-6-7-9/h6-10,14H,2-5H2,1H3,(H,20,21);4-5,8-9H,3,6-7H2,1-2H3. The number of aromatic nitrogens is 4. The van der Waals surface area contributed by atoms with Crippen LogP contribution in [0.5, 0.6) is 0 Å². The number of hydrogen-bond donors (Lipinski definition) is 1. The predicted octanol–water partition coefficient (Wildman–Crippen LogP) is 4.93. The lowest BCUT2D eigenvalue weighted by Gasteiger charge is -2.19. The Morgan fingerprint density at radius 3 is 2.44 bits per heavy atom. The zero-order valence-electron chi connectivity index (χ0n) is 20.4. The van der Waals surface area contributed by atoms with Crippen LogP contribution in [0.4, 0.5) is 5.69 Å². The van der Waals surface area contributed by atoms with Crippen molar-refractivity contribution in [2.45, 2.75) is 64.3 Å². The molecule has 0 spiro atoms. The van der Waals surface area contributed by atoms with Gasteiger partial charge >= 0.3 is 0 Å². The molecule has 3 aromatic heterocycles. The number of pyridine rings is 2. The van der Waals surface area contributed by atoms with Crippen LogP contribution in [-0.4, -0.2) is 45.5 Å². The molecule has 0 saturated heterocycles. The van der Waals surface area contributed by atoms with Gasteiger partial charge in [0, 0.05) is 62.1 Å². The molecule has 7 nitrogen and oxygen atoms in total. The summed E-state index contributed by atoms with van der Waals surface area (Å²) in [7, 11) is 2.13. The smallest absolute Gasteiger partial charge is 0.254 e. The topological polar surface area (TPSA) is 83.9 Å². The molecule has 2 fully saturated rings. The van der Waals surface area contributed by atoms with Crippen LogP contribution >= 0.6 is 0 Å². The highest BCUT2D eigenvalue weighted by atomic mass is 16.1. The third-order valence-corrected chi connectivity index (χ3v) is 6.40. The number of nitrogens with zero attached hydrogens (tertiary/aromatic N) is 5. The minimum atomic E-state index is -0.0872. The first-order valence-electron chi connectivity index (χ1n) is 12.3. The number of hydrogen-bond acceptors (Lipinski definition) is 6. The highest BCUT2D eigenvalue weighted by Gasteiger charge is 2.28. The van der Waals surface area contributed by atoms with Crippen LogP contribution in [0.2, 0.25) is 0 Å². The molecule has 2 saturated carbocycles. The fourth-order valence-corrected chi connectivity index (χ4v) is 4.18. The van der Waals surface area contributed by atoms with Crippen molar-refractivity contribution in [2.75, 3.05) is 18.5 Å². The Labute approximate surface area is 202 Å². The Morgan fingerprint density at radius 2 is 1.79 bits per heavy atom. The Balaban J connectivity index is 0.000000180. The maximum absolute atomic E-state index is 12.1. The lowest BCUT2D eigenvalue weighted by atomic mass is 10.2. The molecular formula is C27H34N6O. The maximum atomic E-state index is 12.1. The van der Waals surface area contributed by atoms with E-state index in [0.29, 0.717) is 17.4 Å². The van der Waals surface area contributed by atoms with Gasteiger partial charge in [-0.05, 0) is 63.3 Å². The van der Waals surface area contributed by atoms with Crippen molar-refractivity contribution in [1.82, 2.24) is 25.3 Å². The molecule has 0 unspecified atom stereocenters. The van der Waals surface area contributed by atoms with Gasteiger partial charge in [0.05, 0.1) is 16.9 Å². The van der Waals surface area contributed by atoms with Crippen LogP contribution in [0.1, 0.15) is 73.0 Å². The van der Waals surface area contributed by atoms with Crippen molar-refractivity contribution in [3.63, 3.8) is 0 Å². The third-order valence-electron chi connectivity index (χ3n) is 6.40. The van der Waals surface area contributed by atoms with Gasteiger partial charge in [-0.25, -0.2) is 9.97 Å². The normalized spacial score (nSPS) is 15.4. The number of carbonyl (C=O) groups excluding carboxylic acids is 1. The quantitative estimate of drug-likeness (QED) is 0.564. The Hall–Kier alpha value is -3.35. The maximum Gasteiger partial charge on any atom is 0.254 e. The minimum Gasteiger partial charge on any atom is -0.373 e. The van der Waals surface area contributed by atoms with Gasteiger partial charge in [0.2, 0.25) is 0 Å². The molecule has 0 aliphatic heterocycles. The summed E-state index contributed by atoms with van der Waals surface area (Å²) in [4.78, 5) is 31.5. The van der Waals surface area contributed by atoms with E-state index in [4.69, 9.17) is 0 Å². The molecule has 2 aliphatic rings. The molecule has 3 heterocycles. The van der Waals surface area contributed by atoms with Crippen molar-refractivity contribution in [3.8, 4) is 11.4 Å². The fourth-order valence-electron chi connectivity index (χ4n) is 4.18. The van der Waals surface area contributed by atoms with E-state index in [0.717, 1.165) is 36.4 Å². The summed E-state index contributed by atoms with van der Waals surface area (Å²) in [6, 6.07) is 6.47. The second-order valence-corrected chi connectivity index (χ2v) is 9.20. The highest BCUT2D eigenvalue weighted by molar-refractivity contribution is 5.93. The largest absolute Gasteiger partial charge is 0.373 e. The Kier molecular flexibility index (Phi) is 7.83. The zero-order valence-corrected chi connectivity index (χ0v) is 20.4. The first-order valence-corrected chi connectivity index (χ1v) is 12.3. The summed E-state index contributed by atoms with van der Waals surface area (Å²) in [5.41, 5.74) is 5.03. The molecule has 0 atom stereocenters. The van der Waals surface area contributed by atoms with Gasteiger partial charge in [0.15, 0.2) is 5.82 Å². The Morgan fingerprint density at radius 1 is 1.06 bits per heavy atom. The summed E-state index contributed by atoms with van der Waals surface area (Å²) in [5.74, 6) is 1.24. The van der Waals surface area contributed by atoms with E-state index in [1.165, 1.54) is 37.1 Å². The molecule has 3 aromatic rings. The van der Waals surface area contributed by atoms with Gasteiger partial charge in [-0.3, -0.25) is 14.8 Å². The number of aryl methyl sites for hydroxylation is 1. The average Bonchev–Trinajstić information content (AvgIpc) is 3.60. The van der Waals surface area contributed by atoms with Crippen LogP contribution < -0.4 is 10.2 Å². The third kappa shape index (κ3) is 6.16. The molecule has 1 N–H and O–H groups in total. The van der Waals surface area contributed by atoms with Crippen molar-refractivity contribution in [1.29, 1.82) is 0 Å². The van der Waals surface area contributed by atoms with Crippen LogP contribution in [0.15, 0.2) is 49.2 Å². The van der Waals surface area contributed by atoms with Gasteiger partial charge < -0.3 is 10.2 Å². The van der Waals surface area contributed by atoms with Crippen molar-refractivity contribution < 1.29 is 4.79 Å². The number of carbonyl (C=O) groups is 1. The van der Waals surface area contributed by atoms with Crippen LogP contribution in [0, 0.1) is 6.92 Å². The summed E-state index contributed by atoms with van der Waals surface area (Å²) < 4.78 is 0. The number of rotatable bonds is 6. The van der Waals surface area contributed by atoms with Crippen molar-refractivity contribution in [3.05, 3.63) is 66.0 Å². The highest BCUT2D eigenvalue weighted by Crippen LogP contribution is 2.42. The van der Waals surface area contributed by atoms with Crippen LogP contribution in [-0.2, 0) is 0 Å². The van der Waals surface area contributed by atoms with E-state index in [-0.39, 0.29) is 5.91 Å². The van der Waals surface area contributed by atoms with E-state index in [9.17, 15) is 4.79 Å². The van der Waals surface area contributed by atoms with Gasteiger partial charge in [0.1, 0.15) is 0 Å². The van der Waals surface area contributed by atoms with E-state index >= 15 is 0 Å². The lowest BCUT2D eigenvalue weighted by molar-refractivity contribution is 0.0937. The molecule has 7 heteroatoms. The van der Waals surface area contributed by atoms with E-state index in [1.807, 2.05) is 25.3 Å². The summed E-state index contributed by atoms with van der Waals surface area (Å²) in [6.45, 7) is 5.19. The SMILES string of the molecule is CCN(C)c1cccnc1C1CC1.Cc1cncc(-c2ncc(C(=O)NC3CCCC3)cn2)c1. The number of amides is 1. The second-order valence-electron chi connectivity index (χ2n) is 9.20. The first kappa shape index (κ1) is 23.8. The molecule has 0 radical (unpaired) electrons. The predicted molar refractivity (Wildman–Crippen MR) is 135 cm³/mol. The number of anilines is 1. The van der Waals surface area contributed by atoms with Crippen LogP contribution in [0.3, 0.4) is 0 Å². The lowest BCUT2D eigenvalue weighted by Crippen LogP contribution is -2.32. The number of nitrogens with one attached hydrogen (secondary N) is 1. The molecule has 178 valence electrons. The molecule has 1 amide bonds. The summed E-state index contributed by atoms with van der Waals surface area (Å²) in [5, 5.41) is 3.03. The Bertz CT molecular complexity index is 1090. The monoisotopic (exact) mass is 458 g/mol. The molecule has 2 aliphatic carbocycles. The van der Waals surface area contributed by atoms with E-state index in [2.05, 4.69) is 50.2 Å². The summed E-state index contributed by atoms with van der Waals surface area (Å²) >= 11 is 0. The second kappa shape index (κ2) is 11.2. The minimum absolute atomic E-state index is 0.0872. The zero-order chi connectivity index (χ0) is 23.9. The van der Waals surface area contributed by atoms with Crippen molar-refractivity contribution in [2.24, 2.45) is 0 Å². The van der Waals surface area contributed by atoms with Gasteiger partial charge in [0.25, 0.3) is 5.91 Å². The molecule has 5 rings (SSSR count). The molecule has 0 aromatic carbocycles. The van der Waals surface area contributed by atoms with Crippen molar-refractivity contribution >= 4 is 11.6 Å². The van der Waals surface area contributed by atoms with Gasteiger partial charge in [-0.2, -0.15) is 0 Å².